The van der Waals surface area contributed by atoms with Crippen LogP contribution in [0.2, 0.25) is 0 Å². The van der Waals surface area contributed by atoms with E-state index < -0.39 is 5.97 Å². The summed E-state index contributed by atoms with van der Waals surface area (Å²) < 4.78 is 0. The molecule has 6 heteroatoms. The fraction of sp³-hybridized carbons (Fsp3) is 0.571. The number of carboxylic acids is 1. The molecule has 112 valence electrons. The minimum atomic E-state index is -0.990. The SMILES string of the molecule is CCC(C)N(CC(=O)O)C(=O)N(C)C(C)c1cccs1. The molecule has 1 aromatic heterocycles. The third kappa shape index (κ3) is 3.96. The second kappa shape index (κ2) is 7.28. The normalized spacial score (nSPS) is 13.6. The van der Waals surface area contributed by atoms with Gasteiger partial charge in [-0.2, -0.15) is 0 Å². The van der Waals surface area contributed by atoms with Gasteiger partial charge < -0.3 is 14.9 Å². The van der Waals surface area contributed by atoms with Crippen LogP contribution in [0.3, 0.4) is 0 Å². The Hall–Kier alpha value is -1.56. The van der Waals surface area contributed by atoms with Gasteiger partial charge in [0.2, 0.25) is 0 Å². The Balaban J connectivity index is 2.85. The highest BCUT2D eigenvalue weighted by Gasteiger charge is 2.27. The van der Waals surface area contributed by atoms with Crippen LogP contribution in [0.4, 0.5) is 4.79 Å². The van der Waals surface area contributed by atoms with Gasteiger partial charge in [0.05, 0.1) is 6.04 Å². The van der Waals surface area contributed by atoms with E-state index in [0.29, 0.717) is 0 Å². The molecule has 0 saturated heterocycles. The highest BCUT2D eigenvalue weighted by molar-refractivity contribution is 7.10. The predicted octanol–water partition coefficient (Wildman–Crippen LogP) is 3.05. The first-order valence-electron chi connectivity index (χ1n) is 6.67. The summed E-state index contributed by atoms with van der Waals surface area (Å²) in [7, 11) is 1.71. The van der Waals surface area contributed by atoms with Crippen LogP contribution in [0.1, 0.15) is 38.1 Å². The summed E-state index contributed by atoms with van der Waals surface area (Å²) in [4.78, 5) is 27.5. The molecule has 0 fully saturated rings. The average molecular weight is 298 g/mol. The lowest BCUT2D eigenvalue weighted by atomic mass is 10.2. The molecular weight excluding hydrogens is 276 g/mol. The summed E-state index contributed by atoms with van der Waals surface area (Å²) >= 11 is 1.59. The lowest BCUT2D eigenvalue weighted by molar-refractivity contribution is -0.138. The van der Waals surface area contributed by atoms with Crippen molar-refractivity contribution in [2.45, 2.75) is 39.3 Å². The molecule has 0 radical (unpaired) electrons. The topological polar surface area (TPSA) is 60.9 Å². The van der Waals surface area contributed by atoms with Crippen molar-refractivity contribution in [3.8, 4) is 0 Å². The van der Waals surface area contributed by atoms with E-state index >= 15 is 0 Å². The maximum atomic E-state index is 12.5. The van der Waals surface area contributed by atoms with E-state index in [0.717, 1.165) is 11.3 Å². The number of thiophene rings is 1. The van der Waals surface area contributed by atoms with Gasteiger partial charge in [0.15, 0.2) is 0 Å². The smallest absolute Gasteiger partial charge is 0.323 e. The van der Waals surface area contributed by atoms with Crippen LogP contribution in [-0.4, -0.2) is 46.5 Å². The fourth-order valence-corrected chi connectivity index (χ4v) is 2.69. The van der Waals surface area contributed by atoms with E-state index in [1.54, 1.807) is 23.3 Å². The summed E-state index contributed by atoms with van der Waals surface area (Å²) in [5, 5.41) is 10.9. The monoisotopic (exact) mass is 298 g/mol. The van der Waals surface area contributed by atoms with E-state index in [2.05, 4.69) is 0 Å². The van der Waals surface area contributed by atoms with Crippen molar-refractivity contribution < 1.29 is 14.7 Å². The molecule has 2 atom stereocenters. The van der Waals surface area contributed by atoms with E-state index in [4.69, 9.17) is 5.11 Å². The van der Waals surface area contributed by atoms with Gasteiger partial charge in [-0.15, -0.1) is 11.3 Å². The third-order valence-corrected chi connectivity index (χ3v) is 4.55. The maximum Gasteiger partial charge on any atom is 0.323 e. The largest absolute Gasteiger partial charge is 0.480 e. The predicted molar refractivity (Wildman–Crippen MR) is 80.0 cm³/mol. The number of urea groups is 1. The van der Waals surface area contributed by atoms with Gasteiger partial charge in [-0.3, -0.25) is 4.79 Å². The molecule has 1 heterocycles. The highest BCUT2D eigenvalue weighted by Crippen LogP contribution is 2.24. The lowest BCUT2D eigenvalue weighted by Gasteiger charge is -2.34. The highest BCUT2D eigenvalue weighted by atomic mass is 32.1. The molecule has 0 aliphatic heterocycles. The van der Waals surface area contributed by atoms with Crippen LogP contribution in [0, 0.1) is 0 Å². The second-order valence-electron chi connectivity index (χ2n) is 4.86. The van der Waals surface area contributed by atoms with E-state index in [1.807, 2.05) is 38.3 Å². The van der Waals surface area contributed by atoms with Gasteiger partial charge in [0, 0.05) is 18.0 Å². The van der Waals surface area contributed by atoms with E-state index in [-0.39, 0.29) is 24.7 Å². The van der Waals surface area contributed by atoms with Crippen molar-refractivity contribution in [2.75, 3.05) is 13.6 Å². The van der Waals surface area contributed by atoms with Crippen LogP contribution in [-0.2, 0) is 4.79 Å². The zero-order valence-corrected chi connectivity index (χ0v) is 13.2. The number of hydrogen-bond donors (Lipinski definition) is 1. The van der Waals surface area contributed by atoms with E-state index in [1.165, 1.54) is 4.90 Å². The first-order valence-corrected chi connectivity index (χ1v) is 7.55. The Morgan fingerprint density at radius 1 is 1.40 bits per heavy atom. The van der Waals surface area contributed by atoms with Crippen molar-refractivity contribution in [1.29, 1.82) is 0 Å². The van der Waals surface area contributed by atoms with Gasteiger partial charge in [0.1, 0.15) is 6.54 Å². The summed E-state index contributed by atoms with van der Waals surface area (Å²) in [6.07, 6.45) is 0.722. The van der Waals surface area contributed by atoms with Gasteiger partial charge in [-0.1, -0.05) is 13.0 Å². The quantitative estimate of drug-likeness (QED) is 0.878. The Bertz CT molecular complexity index is 447. The Morgan fingerprint density at radius 3 is 2.50 bits per heavy atom. The molecule has 0 aliphatic rings. The van der Waals surface area contributed by atoms with Gasteiger partial charge in [-0.05, 0) is 31.7 Å². The molecule has 0 bridgehead atoms. The third-order valence-electron chi connectivity index (χ3n) is 3.51. The summed E-state index contributed by atoms with van der Waals surface area (Å²) in [6, 6.07) is 3.50. The average Bonchev–Trinajstić information content (AvgIpc) is 2.95. The van der Waals surface area contributed by atoms with Gasteiger partial charge in [0.25, 0.3) is 0 Å². The lowest BCUT2D eigenvalue weighted by Crippen LogP contribution is -2.48. The molecule has 0 saturated carbocycles. The number of nitrogens with zero attached hydrogens (tertiary/aromatic N) is 2. The fourth-order valence-electron chi connectivity index (χ4n) is 1.87. The number of carbonyl (C=O) groups excluding carboxylic acids is 1. The summed E-state index contributed by atoms with van der Waals surface area (Å²) in [6.45, 7) is 5.48. The molecule has 2 amide bonds. The molecule has 1 aromatic rings. The van der Waals surface area contributed by atoms with Crippen molar-refractivity contribution in [1.82, 2.24) is 9.80 Å². The van der Waals surface area contributed by atoms with E-state index in [9.17, 15) is 9.59 Å². The Morgan fingerprint density at radius 2 is 2.05 bits per heavy atom. The van der Waals surface area contributed by atoms with Gasteiger partial charge >= 0.3 is 12.0 Å². The zero-order valence-electron chi connectivity index (χ0n) is 12.4. The van der Waals surface area contributed by atoms with Crippen LogP contribution in [0.5, 0.6) is 0 Å². The maximum absolute atomic E-state index is 12.5. The van der Waals surface area contributed by atoms with Crippen LogP contribution in [0.25, 0.3) is 0 Å². The Kier molecular flexibility index (Phi) is 6.01. The number of amides is 2. The van der Waals surface area contributed by atoms with Crippen LogP contribution < -0.4 is 0 Å². The number of aliphatic carboxylic acids is 1. The van der Waals surface area contributed by atoms with Crippen molar-refractivity contribution in [2.24, 2.45) is 0 Å². The summed E-state index contributed by atoms with van der Waals surface area (Å²) in [5.41, 5.74) is 0. The van der Waals surface area contributed by atoms with Crippen LogP contribution in [0.15, 0.2) is 17.5 Å². The minimum Gasteiger partial charge on any atom is -0.480 e. The van der Waals surface area contributed by atoms with Gasteiger partial charge in [-0.25, -0.2) is 4.79 Å². The standard InChI is InChI=1S/C14H22N2O3S/c1-5-10(2)16(9-13(17)18)14(19)15(4)11(3)12-7-6-8-20-12/h6-8,10-11H,5,9H2,1-4H3,(H,17,18). The van der Waals surface area contributed by atoms with Crippen molar-refractivity contribution in [3.05, 3.63) is 22.4 Å². The first kappa shape index (κ1) is 16.5. The molecule has 1 N–H and O–H groups in total. The molecule has 0 spiro atoms. The Labute approximate surface area is 123 Å². The molecule has 20 heavy (non-hydrogen) atoms. The zero-order chi connectivity index (χ0) is 15.3. The molecule has 0 aromatic carbocycles. The molecular formula is C14H22N2O3S. The molecule has 0 aliphatic carbocycles. The van der Waals surface area contributed by atoms with Crippen LogP contribution >= 0.6 is 11.3 Å². The second-order valence-corrected chi connectivity index (χ2v) is 5.84. The van der Waals surface area contributed by atoms with Crippen molar-refractivity contribution in [3.63, 3.8) is 0 Å². The van der Waals surface area contributed by atoms with Crippen molar-refractivity contribution >= 4 is 23.3 Å². The first-order chi connectivity index (χ1) is 9.38. The molecule has 5 nitrogen and oxygen atoms in total. The minimum absolute atomic E-state index is 0.0668. The number of carbonyl (C=O) groups is 2. The molecule has 2 unspecified atom stereocenters. The molecule has 1 rings (SSSR count). The number of hydrogen-bond acceptors (Lipinski definition) is 3. The summed E-state index contributed by atoms with van der Waals surface area (Å²) in [5.74, 6) is -0.990. The number of rotatable bonds is 6. The number of carboxylic acid groups (broad SMARTS) is 1.